The van der Waals surface area contributed by atoms with Crippen LogP contribution < -0.4 is 5.32 Å². The van der Waals surface area contributed by atoms with Gasteiger partial charge >= 0.3 is 0 Å². The molecule has 0 amide bonds. The first-order valence-electron chi connectivity index (χ1n) is 6.70. The number of rotatable bonds is 6. The Morgan fingerprint density at radius 3 is 2.74 bits per heavy atom. The molecule has 0 radical (unpaired) electrons. The van der Waals surface area contributed by atoms with Gasteiger partial charge in [-0.15, -0.1) is 0 Å². The Kier molecular flexibility index (Phi) is 4.24. The number of benzene rings is 1. The lowest BCUT2D eigenvalue weighted by Crippen LogP contribution is -2.50. The highest BCUT2D eigenvalue weighted by Crippen LogP contribution is 2.31. The summed E-state index contributed by atoms with van der Waals surface area (Å²) in [5, 5.41) is 24.5. The topological polar surface area (TPSA) is 65.6 Å². The summed E-state index contributed by atoms with van der Waals surface area (Å²) in [7, 11) is 0. The fourth-order valence-corrected chi connectivity index (χ4v) is 2.52. The second kappa shape index (κ2) is 5.74. The largest absolute Gasteiger partial charge is 0.464 e. The lowest BCUT2D eigenvalue weighted by molar-refractivity contribution is -0.0251. The quantitative estimate of drug-likeness (QED) is 0.746. The zero-order valence-electron chi connectivity index (χ0n) is 11.4. The number of fused-ring (bicyclic) bond motifs is 1. The standard InChI is InChI=1S/C15H21NO3/c1-3-15(18,14(10-17)16-4-2)12-5-6-13-11(9-12)7-8-19-13/h5-9,14,16-18H,3-4,10H2,1-2H3. The Labute approximate surface area is 113 Å². The number of nitrogens with one attached hydrogen (secondary N) is 1. The van der Waals surface area contributed by atoms with Crippen LogP contribution in [-0.2, 0) is 5.60 Å². The molecule has 0 aliphatic rings. The third-order valence-corrected chi connectivity index (χ3v) is 3.70. The predicted molar refractivity (Wildman–Crippen MR) is 75.0 cm³/mol. The third kappa shape index (κ3) is 2.52. The van der Waals surface area contributed by atoms with Crippen LogP contribution in [0, 0.1) is 0 Å². The molecular formula is C15H21NO3. The highest BCUT2D eigenvalue weighted by molar-refractivity contribution is 5.78. The SMILES string of the molecule is CCNC(CO)C(O)(CC)c1ccc2occc2c1. The fraction of sp³-hybridized carbons (Fsp3) is 0.467. The van der Waals surface area contributed by atoms with E-state index in [0.717, 1.165) is 16.5 Å². The van der Waals surface area contributed by atoms with Gasteiger partial charge in [-0.2, -0.15) is 0 Å². The molecule has 4 heteroatoms. The highest BCUT2D eigenvalue weighted by Gasteiger charge is 2.36. The smallest absolute Gasteiger partial charge is 0.133 e. The Morgan fingerprint density at radius 1 is 1.32 bits per heavy atom. The van der Waals surface area contributed by atoms with Crippen molar-refractivity contribution in [2.45, 2.75) is 31.9 Å². The van der Waals surface area contributed by atoms with E-state index < -0.39 is 5.60 Å². The molecule has 2 rings (SSSR count). The van der Waals surface area contributed by atoms with Gasteiger partial charge in [-0.3, -0.25) is 0 Å². The first-order valence-corrected chi connectivity index (χ1v) is 6.70. The maximum atomic E-state index is 10.9. The van der Waals surface area contributed by atoms with E-state index in [9.17, 15) is 10.2 Å². The van der Waals surface area contributed by atoms with Crippen molar-refractivity contribution < 1.29 is 14.6 Å². The van der Waals surface area contributed by atoms with E-state index in [2.05, 4.69) is 5.32 Å². The molecule has 2 unspecified atom stereocenters. The summed E-state index contributed by atoms with van der Waals surface area (Å²) in [6.45, 7) is 4.46. The van der Waals surface area contributed by atoms with Crippen molar-refractivity contribution in [2.75, 3.05) is 13.2 Å². The molecule has 1 aromatic carbocycles. The van der Waals surface area contributed by atoms with Crippen LogP contribution in [0.1, 0.15) is 25.8 Å². The molecule has 0 aliphatic carbocycles. The lowest BCUT2D eigenvalue weighted by Gasteiger charge is -2.35. The van der Waals surface area contributed by atoms with E-state index in [-0.39, 0.29) is 12.6 Å². The van der Waals surface area contributed by atoms with Crippen molar-refractivity contribution in [3.05, 3.63) is 36.1 Å². The molecule has 1 aromatic heterocycles. The van der Waals surface area contributed by atoms with Gasteiger partial charge in [-0.05, 0) is 36.7 Å². The number of aliphatic hydroxyl groups is 2. The maximum Gasteiger partial charge on any atom is 0.133 e. The van der Waals surface area contributed by atoms with E-state index in [4.69, 9.17) is 4.42 Å². The monoisotopic (exact) mass is 263 g/mol. The van der Waals surface area contributed by atoms with Crippen LogP contribution in [0.3, 0.4) is 0 Å². The average molecular weight is 263 g/mol. The minimum atomic E-state index is -1.09. The van der Waals surface area contributed by atoms with Crippen LogP contribution >= 0.6 is 0 Å². The normalized spacial score (nSPS) is 16.4. The molecule has 2 atom stereocenters. The second-order valence-corrected chi connectivity index (χ2v) is 4.74. The van der Waals surface area contributed by atoms with Crippen molar-refractivity contribution in [1.82, 2.24) is 5.32 Å². The lowest BCUT2D eigenvalue weighted by atomic mass is 9.83. The summed E-state index contributed by atoms with van der Waals surface area (Å²) < 4.78 is 5.31. The summed E-state index contributed by atoms with van der Waals surface area (Å²) in [5.74, 6) is 0. The van der Waals surface area contributed by atoms with E-state index in [1.165, 1.54) is 0 Å². The third-order valence-electron chi connectivity index (χ3n) is 3.70. The van der Waals surface area contributed by atoms with E-state index in [1.54, 1.807) is 6.26 Å². The molecule has 104 valence electrons. The molecule has 19 heavy (non-hydrogen) atoms. The van der Waals surface area contributed by atoms with Crippen molar-refractivity contribution in [2.24, 2.45) is 0 Å². The summed E-state index contributed by atoms with van der Waals surface area (Å²) >= 11 is 0. The van der Waals surface area contributed by atoms with Gasteiger partial charge in [0.25, 0.3) is 0 Å². The summed E-state index contributed by atoms with van der Waals surface area (Å²) in [5.41, 5.74) is 0.506. The molecule has 0 saturated carbocycles. The molecule has 0 saturated heterocycles. The van der Waals surface area contributed by atoms with Crippen molar-refractivity contribution >= 4 is 11.0 Å². The molecule has 0 spiro atoms. The highest BCUT2D eigenvalue weighted by atomic mass is 16.3. The van der Waals surface area contributed by atoms with Crippen molar-refractivity contribution in [1.29, 1.82) is 0 Å². The van der Waals surface area contributed by atoms with Crippen LogP contribution in [0.2, 0.25) is 0 Å². The van der Waals surface area contributed by atoms with Gasteiger partial charge in [-0.1, -0.05) is 19.9 Å². The van der Waals surface area contributed by atoms with Crippen LogP contribution in [0.4, 0.5) is 0 Å². The van der Waals surface area contributed by atoms with Crippen LogP contribution in [0.25, 0.3) is 11.0 Å². The van der Waals surface area contributed by atoms with Gasteiger partial charge in [0.05, 0.1) is 18.9 Å². The molecule has 3 N–H and O–H groups in total. The minimum absolute atomic E-state index is 0.110. The van der Waals surface area contributed by atoms with E-state index >= 15 is 0 Å². The Balaban J connectivity index is 2.43. The second-order valence-electron chi connectivity index (χ2n) is 4.74. The molecule has 2 aromatic rings. The molecule has 0 bridgehead atoms. The molecule has 4 nitrogen and oxygen atoms in total. The summed E-state index contributed by atoms with van der Waals surface area (Å²) in [6.07, 6.45) is 2.15. The van der Waals surface area contributed by atoms with Gasteiger partial charge < -0.3 is 19.9 Å². The number of hydrogen-bond acceptors (Lipinski definition) is 4. The zero-order chi connectivity index (χ0) is 13.9. The minimum Gasteiger partial charge on any atom is -0.464 e. The number of hydrogen-bond donors (Lipinski definition) is 3. The summed E-state index contributed by atoms with van der Waals surface area (Å²) in [4.78, 5) is 0. The van der Waals surface area contributed by atoms with Gasteiger partial charge in [0.2, 0.25) is 0 Å². The molecule has 0 fully saturated rings. The predicted octanol–water partition coefficient (Wildman–Crippen LogP) is 2.00. The Hall–Kier alpha value is -1.36. The maximum absolute atomic E-state index is 10.9. The fourth-order valence-electron chi connectivity index (χ4n) is 2.52. The van der Waals surface area contributed by atoms with E-state index in [0.29, 0.717) is 13.0 Å². The van der Waals surface area contributed by atoms with Gasteiger partial charge in [-0.25, -0.2) is 0 Å². The van der Waals surface area contributed by atoms with E-state index in [1.807, 2.05) is 38.1 Å². The van der Waals surface area contributed by atoms with Crippen LogP contribution in [0.15, 0.2) is 34.9 Å². The van der Waals surface area contributed by atoms with Crippen molar-refractivity contribution in [3.8, 4) is 0 Å². The van der Waals surface area contributed by atoms with Crippen molar-refractivity contribution in [3.63, 3.8) is 0 Å². The van der Waals surface area contributed by atoms with Gasteiger partial charge in [0, 0.05) is 5.39 Å². The number of aliphatic hydroxyl groups excluding tert-OH is 1. The Bertz CT molecular complexity index is 537. The molecule has 0 aliphatic heterocycles. The first kappa shape index (κ1) is 14.1. The van der Waals surface area contributed by atoms with Gasteiger partial charge in [0.1, 0.15) is 11.2 Å². The van der Waals surface area contributed by atoms with Crippen LogP contribution in [0.5, 0.6) is 0 Å². The first-order chi connectivity index (χ1) is 9.15. The Morgan fingerprint density at radius 2 is 2.11 bits per heavy atom. The average Bonchev–Trinajstić information content (AvgIpc) is 2.91. The molecular weight excluding hydrogens is 242 g/mol. The number of furan rings is 1. The number of likely N-dealkylation sites (N-methyl/N-ethyl adjacent to an activating group) is 1. The summed E-state index contributed by atoms with van der Waals surface area (Å²) in [6, 6.07) is 7.12. The van der Waals surface area contributed by atoms with Gasteiger partial charge in [0.15, 0.2) is 0 Å². The zero-order valence-corrected chi connectivity index (χ0v) is 11.4. The molecule has 1 heterocycles. The van der Waals surface area contributed by atoms with Crippen LogP contribution in [-0.4, -0.2) is 29.4 Å².